The number of likely N-dealkylation sites (tertiary alicyclic amines) is 2. The summed E-state index contributed by atoms with van der Waals surface area (Å²) in [5, 5.41) is 2.89. The minimum absolute atomic E-state index is 0.0865. The number of carbonyl (C=O) groups is 2. The van der Waals surface area contributed by atoms with Gasteiger partial charge in [-0.2, -0.15) is 0 Å². The van der Waals surface area contributed by atoms with Gasteiger partial charge in [0.15, 0.2) is 0 Å². The van der Waals surface area contributed by atoms with E-state index >= 15 is 0 Å². The van der Waals surface area contributed by atoms with Crippen LogP contribution in [0.15, 0.2) is 18.5 Å². The Morgan fingerprint density at radius 1 is 1.30 bits per heavy atom. The van der Waals surface area contributed by atoms with Gasteiger partial charge in [0.25, 0.3) is 0 Å². The van der Waals surface area contributed by atoms with E-state index in [-0.39, 0.29) is 23.8 Å². The molecule has 2 aliphatic rings. The normalized spacial score (nSPS) is 22.1. The monoisotopic (exact) mass is 317 g/mol. The Labute approximate surface area is 136 Å². The molecule has 1 unspecified atom stereocenters. The smallest absolute Gasteiger partial charge is 0.229 e. The predicted octanol–water partition coefficient (Wildman–Crippen LogP) is 0.249. The van der Waals surface area contributed by atoms with Crippen molar-refractivity contribution in [3.05, 3.63) is 18.5 Å². The van der Waals surface area contributed by atoms with E-state index in [0.29, 0.717) is 18.7 Å². The Balaban J connectivity index is 1.61. The summed E-state index contributed by atoms with van der Waals surface area (Å²) in [5.74, 6) is -0.300. The van der Waals surface area contributed by atoms with Crippen LogP contribution in [0.4, 0.5) is 11.4 Å². The molecule has 0 radical (unpaired) electrons. The molecule has 2 amide bonds. The van der Waals surface area contributed by atoms with Crippen LogP contribution in [0, 0.1) is 5.92 Å². The molecule has 2 saturated heterocycles. The van der Waals surface area contributed by atoms with Gasteiger partial charge in [0.05, 0.1) is 35.7 Å². The second-order valence-corrected chi connectivity index (χ2v) is 6.64. The number of rotatable bonds is 4. The fourth-order valence-electron chi connectivity index (χ4n) is 3.11. The highest BCUT2D eigenvalue weighted by molar-refractivity contribution is 5.97. The number of amides is 2. The van der Waals surface area contributed by atoms with Crippen molar-refractivity contribution in [3.63, 3.8) is 0 Å². The summed E-state index contributed by atoms with van der Waals surface area (Å²) in [4.78, 5) is 34.7. The maximum Gasteiger partial charge on any atom is 0.229 e. The summed E-state index contributed by atoms with van der Waals surface area (Å²) in [6.07, 6.45) is 3.66. The van der Waals surface area contributed by atoms with Crippen LogP contribution in [0.1, 0.15) is 6.42 Å². The number of nitrogens with zero attached hydrogens (tertiary/aromatic N) is 4. The van der Waals surface area contributed by atoms with Gasteiger partial charge in [-0.3, -0.25) is 14.6 Å². The van der Waals surface area contributed by atoms with E-state index in [1.165, 1.54) is 0 Å². The van der Waals surface area contributed by atoms with Crippen molar-refractivity contribution in [2.75, 3.05) is 51.0 Å². The average molecular weight is 317 g/mol. The van der Waals surface area contributed by atoms with Crippen molar-refractivity contribution in [1.29, 1.82) is 0 Å². The molecule has 7 heteroatoms. The highest BCUT2D eigenvalue weighted by Gasteiger charge is 2.41. The van der Waals surface area contributed by atoms with Crippen LogP contribution in [-0.4, -0.2) is 73.4 Å². The first-order chi connectivity index (χ1) is 10.9. The quantitative estimate of drug-likeness (QED) is 0.862. The predicted molar refractivity (Wildman–Crippen MR) is 88.3 cm³/mol. The van der Waals surface area contributed by atoms with E-state index in [4.69, 9.17) is 0 Å². The summed E-state index contributed by atoms with van der Waals surface area (Å²) >= 11 is 0. The Bertz CT molecular complexity index is 612. The molecule has 0 aromatic carbocycles. The number of likely N-dealkylation sites (N-methyl/N-ethyl adjacent to an activating group) is 1. The Kier molecular flexibility index (Phi) is 4.21. The van der Waals surface area contributed by atoms with Gasteiger partial charge >= 0.3 is 0 Å². The largest absolute Gasteiger partial charge is 0.376 e. The molecule has 0 spiro atoms. The fourth-order valence-corrected chi connectivity index (χ4v) is 3.11. The molecule has 3 rings (SSSR count). The number of hydrogen-bond acceptors (Lipinski definition) is 5. The molecule has 0 bridgehead atoms. The van der Waals surface area contributed by atoms with E-state index in [1.54, 1.807) is 12.4 Å². The van der Waals surface area contributed by atoms with Crippen molar-refractivity contribution in [1.82, 2.24) is 14.8 Å². The fraction of sp³-hybridized carbons (Fsp3) is 0.562. The maximum absolute atomic E-state index is 12.4. The molecule has 3 heterocycles. The topological polar surface area (TPSA) is 68.8 Å². The van der Waals surface area contributed by atoms with Gasteiger partial charge in [0, 0.05) is 40.2 Å². The van der Waals surface area contributed by atoms with E-state index in [0.717, 1.165) is 18.8 Å². The lowest BCUT2D eigenvalue weighted by atomic mass is 10.1. The molecule has 124 valence electrons. The molecule has 1 atom stereocenters. The van der Waals surface area contributed by atoms with Gasteiger partial charge in [-0.15, -0.1) is 0 Å². The lowest BCUT2D eigenvalue weighted by Gasteiger charge is -2.42. The van der Waals surface area contributed by atoms with E-state index in [2.05, 4.69) is 15.2 Å². The lowest BCUT2D eigenvalue weighted by Crippen LogP contribution is -2.58. The first-order valence-electron chi connectivity index (χ1n) is 7.85. The minimum Gasteiger partial charge on any atom is -0.376 e. The molecular weight excluding hydrogens is 294 g/mol. The zero-order chi connectivity index (χ0) is 16.6. The first-order valence-corrected chi connectivity index (χ1v) is 7.85. The van der Waals surface area contributed by atoms with Gasteiger partial charge in [-0.1, -0.05) is 0 Å². The molecule has 0 aliphatic carbocycles. The zero-order valence-electron chi connectivity index (χ0n) is 13.8. The third-order valence-corrected chi connectivity index (χ3v) is 4.52. The molecule has 7 nitrogen and oxygen atoms in total. The SMILES string of the molecule is CN1CC(N2CC(C(=O)Nc3cncc(N(C)C)c3)CC2=O)C1. The highest BCUT2D eigenvalue weighted by Crippen LogP contribution is 2.25. The number of nitrogens with one attached hydrogen (secondary N) is 1. The molecule has 2 aliphatic heterocycles. The molecule has 2 fully saturated rings. The number of carbonyl (C=O) groups excluding carboxylic acids is 2. The number of hydrogen-bond donors (Lipinski definition) is 1. The Hall–Kier alpha value is -2.15. The molecule has 1 aromatic rings. The van der Waals surface area contributed by atoms with Crippen LogP contribution in [0.3, 0.4) is 0 Å². The van der Waals surface area contributed by atoms with Crippen molar-refractivity contribution in [3.8, 4) is 0 Å². The van der Waals surface area contributed by atoms with Crippen LogP contribution in [-0.2, 0) is 9.59 Å². The van der Waals surface area contributed by atoms with Crippen LogP contribution in [0.25, 0.3) is 0 Å². The summed E-state index contributed by atoms with van der Waals surface area (Å²) in [7, 11) is 5.88. The van der Waals surface area contributed by atoms with Gasteiger partial charge in [-0.05, 0) is 13.1 Å². The first kappa shape index (κ1) is 15.7. The number of aromatic nitrogens is 1. The van der Waals surface area contributed by atoms with E-state index in [9.17, 15) is 9.59 Å². The average Bonchev–Trinajstić information content (AvgIpc) is 2.86. The molecule has 23 heavy (non-hydrogen) atoms. The van der Waals surface area contributed by atoms with Gasteiger partial charge in [-0.25, -0.2) is 0 Å². The van der Waals surface area contributed by atoms with Crippen molar-refractivity contribution in [2.24, 2.45) is 5.92 Å². The number of anilines is 2. The molecule has 1 N–H and O–H groups in total. The molecule has 0 saturated carbocycles. The van der Waals surface area contributed by atoms with Crippen LogP contribution >= 0.6 is 0 Å². The maximum atomic E-state index is 12.4. The lowest BCUT2D eigenvalue weighted by molar-refractivity contribution is -0.132. The van der Waals surface area contributed by atoms with Crippen LogP contribution in [0.2, 0.25) is 0 Å². The second-order valence-electron chi connectivity index (χ2n) is 6.64. The zero-order valence-corrected chi connectivity index (χ0v) is 13.8. The van der Waals surface area contributed by atoms with Gasteiger partial charge < -0.3 is 20.0 Å². The highest BCUT2D eigenvalue weighted by atomic mass is 16.2. The molecule has 1 aromatic heterocycles. The van der Waals surface area contributed by atoms with Crippen LogP contribution in [0.5, 0.6) is 0 Å². The molecular formula is C16H23N5O2. The summed E-state index contributed by atoms with van der Waals surface area (Å²) < 4.78 is 0. The summed E-state index contributed by atoms with van der Waals surface area (Å²) in [6, 6.07) is 2.14. The Morgan fingerprint density at radius 2 is 2.04 bits per heavy atom. The Morgan fingerprint density at radius 3 is 2.70 bits per heavy atom. The van der Waals surface area contributed by atoms with Crippen LogP contribution < -0.4 is 10.2 Å². The summed E-state index contributed by atoms with van der Waals surface area (Å²) in [5.41, 5.74) is 1.58. The minimum atomic E-state index is -0.281. The third kappa shape index (κ3) is 3.29. The van der Waals surface area contributed by atoms with Crippen molar-refractivity contribution >= 4 is 23.2 Å². The number of pyridine rings is 1. The van der Waals surface area contributed by atoms with Crippen molar-refractivity contribution in [2.45, 2.75) is 12.5 Å². The van der Waals surface area contributed by atoms with E-state index < -0.39 is 0 Å². The summed E-state index contributed by atoms with van der Waals surface area (Å²) in [6.45, 7) is 2.31. The second kappa shape index (κ2) is 6.16. The standard InChI is InChI=1S/C16H23N5O2/c1-19(2)13-5-12(6-17-7-13)18-16(23)11-4-15(22)21(8-11)14-9-20(3)10-14/h5-7,11,14H,4,8-10H2,1-3H3,(H,18,23). The third-order valence-electron chi connectivity index (χ3n) is 4.52. The van der Waals surface area contributed by atoms with Crippen molar-refractivity contribution < 1.29 is 9.59 Å². The van der Waals surface area contributed by atoms with Gasteiger partial charge in [0.1, 0.15) is 0 Å². The van der Waals surface area contributed by atoms with Gasteiger partial charge in [0.2, 0.25) is 11.8 Å². The van der Waals surface area contributed by atoms with E-state index in [1.807, 2.05) is 37.0 Å².